The fraction of sp³-hybridized carbons (Fsp3) is 0.105. The fourth-order valence-corrected chi connectivity index (χ4v) is 3.34. The van der Waals surface area contributed by atoms with Gasteiger partial charge in [0.15, 0.2) is 5.75 Å². The maximum atomic E-state index is 9.06. The van der Waals surface area contributed by atoms with Crippen molar-refractivity contribution in [1.29, 1.82) is 5.26 Å². The quantitative estimate of drug-likeness (QED) is 0.489. The largest absolute Gasteiger partial charge is 0.435 e. The SMILES string of the molecule is CCc1[nH]c2nc(Oc3cccc(C#N)c3)nc(Oc3cncnc3)c2c1Br. The zero-order chi connectivity index (χ0) is 19.5. The van der Waals surface area contributed by atoms with Crippen LogP contribution in [-0.4, -0.2) is 24.9 Å². The number of H-pyrrole nitrogens is 1. The predicted molar refractivity (Wildman–Crippen MR) is 104 cm³/mol. The molecule has 4 rings (SSSR count). The lowest BCUT2D eigenvalue weighted by molar-refractivity contribution is 0.415. The topological polar surface area (TPSA) is 110 Å². The van der Waals surface area contributed by atoms with Crippen LogP contribution in [0.1, 0.15) is 18.2 Å². The second kappa shape index (κ2) is 7.62. The molecule has 1 N–H and O–H groups in total. The van der Waals surface area contributed by atoms with Crippen LogP contribution in [0, 0.1) is 11.3 Å². The molecule has 28 heavy (non-hydrogen) atoms. The van der Waals surface area contributed by atoms with Crippen molar-refractivity contribution in [2.75, 3.05) is 0 Å². The van der Waals surface area contributed by atoms with Crippen LogP contribution in [0.3, 0.4) is 0 Å². The number of aryl methyl sites for hydroxylation is 1. The number of nitriles is 1. The number of fused-ring (bicyclic) bond motifs is 1. The van der Waals surface area contributed by atoms with Crippen molar-refractivity contribution in [2.45, 2.75) is 13.3 Å². The molecule has 0 aliphatic carbocycles. The number of hydrogen-bond donors (Lipinski definition) is 1. The number of halogens is 1. The van der Waals surface area contributed by atoms with E-state index in [2.05, 4.69) is 46.9 Å². The lowest BCUT2D eigenvalue weighted by Crippen LogP contribution is -1.97. The van der Waals surface area contributed by atoms with E-state index in [-0.39, 0.29) is 6.01 Å². The summed E-state index contributed by atoms with van der Waals surface area (Å²) in [5, 5.41) is 9.75. The summed E-state index contributed by atoms with van der Waals surface area (Å²) >= 11 is 3.59. The van der Waals surface area contributed by atoms with E-state index >= 15 is 0 Å². The van der Waals surface area contributed by atoms with E-state index < -0.39 is 0 Å². The Labute approximate surface area is 168 Å². The monoisotopic (exact) mass is 436 g/mol. The third-order valence-corrected chi connectivity index (χ3v) is 4.76. The molecule has 0 amide bonds. The molecule has 0 bridgehead atoms. The number of rotatable bonds is 5. The first-order valence-electron chi connectivity index (χ1n) is 8.37. The molecule has 0 fully saturated rings. The molecule has 0 spiro atoms. The number of aromatic nitrogens is 5. The first-order chi connectivity index (χ1) is 13.7. The average molecular weight is 437 g/mol. The lowest BCUT2D eigenvalue weighted by Gasteiger charge is -2.08. The number of hydrogen-bond acceptors (Lipinski definition) is 7. The van der Waals surface area contributed by atoms with E-state index in [1.807, 2.05) is 6.92 Å². The molecule has 0 unspecified atom stereocenters. The molecule has 138 valence electrons. The van der Waals surface area contributed by atoms with Gasteiger partial charge in [-0.2, -0.15) is 15.2 Å². The van der Waals surface area contributed by atoms with Gasteiger partial charge in [0.1, 0.15) is 17.7 Å². The normalized spacial score (nSPS) is 10.6. The van der Waals surface area contributed by atoms with Gasteiger partial charge in [0.25, 0.3) is 0 Å². The highest BCUT2D eigenvalue weighted by Crippen LogP contribution is 2.37. The Morgan fingerprint density at radius 1 is 1.14 bits per heavy atom. The van der Waals surface area contributed by atoms with Crippen molar-refractivity contribution in [3.63, 3.8) is 0 Å². The third-order valence-electron chi connectivity index (χ3n) is 3.89. The molecule has 0 saturated carbocycles. The lowest BCUT2D eigenvalue weighted by atomic mass is 10.2. The maximum Gasteiger partial charge on any atom is 0.327 e. The minimum atomic E-state index is 0.0887. The van der Waals surface area contributed by atoms with Crippen LogP contribution >= 0.6 is 15.9 Å². The molecule has 0 atom stereocenters. The van der Waals surface area contributed by atoms with Gasteiger partial charge in [-0.1, -0.05) is 13.0 Å². The van der Waals surface area contributed by atoms with Crippen molar-refractivity contribution in [1.82, 2.24) is 24.9 Å². The summed E-state index contributed by atoms with van der Waals surface area (Å²) < 4.78 is 12.5. The number of aromatic amines is 1. The minimum absolute atomic E-state index is 0.0887. The first-order valence-corrected chi connectivity index (χ1v) is 9.16. The highest BCUT2D eigenvalue weighted by molar-refractivity contribution is 9.10. The van der Waals surface area contributed by atoms with Crippen molar-refractivity contribution >= 4 is 27.0 Å². The molecule has 0 radical (unpaired) electrons. The molecule has 0 saturated heterocycles. The zero-order valence-corrected chi connectivity index (χ0v) is 16.3. The van der Waals surface area contributed by atoms with Gasteiger partial charge < -0.3 is 14.5 Å². The van der Waals surface area contributed by atoms with Gasteiger partial charge in [0.05, 0.1) is 33.9 Å². The highest BCUT2D eigenvalue weighted by Gasteiger charge is 2.19. The molecule has 0 aliphatic heterocycles. The Morgan fingerprint density at radius 3 is 2.71 bits per heavy atom. The van der Waals surface area contributed by atoms with Gasteiger partial charge in [-0.25, -0.2) is 9.97 Å². The van der Waals surface area contributed by atoms with Crippen LogP contribution in [0.2, 0.25) is 0 Å². The third kappa shape index (κ3) is 3.50. The number of benzene rings is 1. The van der Waals surface area contributed by atoms with Gasteiger partial charge in [-0.05, 0) is 40.5 Å². The molecule has 4 aromatic rings. The molecule has 0 aliphatic rings. The van der Waals surface area contributed by atoms with Crippen molar-refractivity contribution < 1.29 is 9.47 Å². The smallest absolute Gasteiger partial charge is 0.327 e. The summed E-state index contributed by atoms with van der Waals surface area (Å²) in [6, 6.07) is 8.92. The Balaban J connectivity index is 1.80. The van der Waals surface area contributed by atoms with Crippen LogP contribution in [0.5, 0.6) is 23.4 Å². The van der Waals surface area contributed by atoms with Gasteiger partial charge in [-0.15, -0.1) is 0 Å². The van der Waals surface area contributed by atoms with E-state index in [4.69, 9.17) is 14.7 Å². The second-order valence-electron chi connectivity index (χ2n) is 5.72. The van der Waals surface area contributed by atoms with Crippen molar-refractivity contribution in [3.8, 4) is 29.5 Å². The van der Waals surface area contributed by atoms with E-state index in [0.717, 1.165) is 16.6 Å². The zero-order valence-electron chi connectivity index (χ0n) is 14.7. The van der Waals surface area contributed by atoms with Crippen LogP contribution < -0.4 is 9.47 Å². The Bertz CT molecular complexity index is 1190. The van der Waals surface area contributed by atoms with E-state index in [0.29, 0.717) is 34.0 Å². The van der Waals surface area contributed by atoms with Crippen molar-refractivity contribution in [2.24, 2.45) is 0 Å². The summed E-state index contributed by atoms with van der Waals surface area (Å²) in [4.78, 5) is 20.0. The predicted octanol–water partition coefficient (Wildman–Crippen LogP) is 4.53. The molecular weight excluding hydrogens is 424 g/mol. The molecular formula is C19H13BrN6O2. The van der Waals surface area contributed by atoms with Crippen LogP contribution in [-0.2, 0) is 6.42 Å². The Kier molecular flexibility index (Phi) is 4.87. The van der Waals surface area contributed by atoms with E-state index in [1.165, 1.54) is 6.33 Å². The average Bonchev–Trinajstić information content (AvgIpc) is 3.04. The number of nitrogens with zero attached hydrogens (tertiary/aromatic N) is 5. The van der Waals surface area contributed by atoms with E-state index in [1.54, 1.807) is 36.7 Å². The fourth-order valence-electron chi connectivity index (χ4n) is 2.60. The molecule has 9 heteroatoms. The highest BCUT2D eigenvalue weighted by atomic mass is 79.9. The Hall–Kier alpha value is -3.51. The summed E-state index contributed by atoms with van der Waals surface area (Å²) in [5.74, 6) is 1.19. The first kappa shape index (κ1) is 17.9. The summed E-state index contributed by atoms with van der Waals surface area (Å²) in [5.41, 5.74) is 2.01. The van der Waals surface area contributed by atoms with Crippen LogP contribution in [0.25, 0.3) is 11.0 Å². The molecule has 1 aromatic carbocycles. The summed E-state index contributed by atoms with van der Waals surface area (Å²) in [6.45, 7) is 2.03. The Morgan fingerprint density at radius 2 is 1.96 bits per heavy atom. The minimum Gasteiger partial charge on any atom is -0.435 e. The number of ether oxygens (including phenoxy) is 2. The molecule has 3 aromatic heterocycles. The standard InChI is InChI=1S/C19H13BrN6O2/c1-2-14-16(20)15-17(24-14)25-19(28-12-5-3-4-11(6-12)7-21)26-18(15)27-13-8-22-10-23-9-13/h3-6,8-10H,2H2,1H3,(H,24,25,26). The van der Waals surface area contributed by atoms with Gasteiger partial charge in [-0.3, -0.25) is 0 Å². The van der Waals surface area contributed by atoms with Gasteiger partial charge in [0, 0.05) is 5.69 Å². The van der Waals surface area contributed by atoms with Crippen LogP contribution in [0.15, 0.2) is 47.5 Å². The maximum absolute atomic E-state index is 9.06. The van der Waals surface area contributed by atoms with Gasteiger partial charge >= 0.3 is 6.01 Å². The van der Waals surface area contributed by atoms with Gasteiger partial charge in [0.2, 0.25) is 5.88 Å². The summed E-state index contributed by atoms with van der Waals surface area (Å²) in [7, 11) is 0. The van der Waals surface area contributed by atoms with Crippen molar-refractivity contribution in [3.05, 3.63) is 58.7 Å². The van der Waals surface area contributed by atoms with Crippen LogP contribution in [0.4, 0.5) is 0 Å². The summed E-state index contributed by atoms with van der Waals surface area (Å²) in [6.07, 6.45) is 5.27. The van der Waals surface area contributed by atoms with E-state index in [9.17, 15) is 0 Å². The molecule has 8 nitrogen and oxygen atoms in total. The second-order valence-corrected chi connectivity index (χ2v) is 6.52. The molecule has 3 heterocycles. The number of nitrogens with one attached hydrogen (secondary N) is 1.